The average Bonchev–Trinajstić information content (AvgIpc) is 1.61. The number of benzene rings is 4. The molecule has 4 bridgehead atoms. The van der Waals surface area contributed by atoms with Crippen molar-refractivity contribution in [1.82, 2.24) is 20.0 Å². The molecule has 6 aliphatic heterocycles. The SMILES string of the molecule is CC(=O)Cc1ccc(S(=O)(=O)CCC(=O)N2[C@@H]3CC[C@H]2CC([C@H](N)Cc2cc(F)c(F)cc2F)C3)cc1.NC(=O)CC[C@H](NC(=O)C1CC1)C(=O)N1[C@@H]2CC[C@H]1CC([C@H](N)Cc1cc(F)c(F)cc1F)C2.N[C@H](Cc1cc(F)c(F)cc1F)C1CCN(C(=O)CCS(=O)(=O)CC2CCCO2)CC1. The standard InChI is InChI=1S/C27H31F3N2O4S.C24H31F3N4O3.C21H29F3N2O4S/c1-16(33)10-17-2-6-22(7-3-17)37(35,36)9-8-27(34)32-20-4-5-21(32)12-19(11-20)26(31)14-18-13-24(29)25(30)15-23(18)28;25-17-11-19(27)18(26)9-13(17)10-20(28)14-7-15-3-4-16(8-14)31(15)24(34)21(5-6-22(29)32)30-23(33)12-1-2-12;22-17-12-19(24)18(23)10-15(17)11-20(25)14-3-6-26(7-4-14)21(27)5-9-31(28,29)13-16-2-1-8-30-16/h2-3,6-7,13,15,19-21,26H,4-5,8-12,14,31H2,1H3;9,11-12,14-16,20-21H,1-8,10,28H2,(H2,29,32)(H,30,33);10,12,14,16,20H,1-9,11,13,25H2/t19?,20-,21+,26-;14?,15-,16+,20-,21+;16?,20-/m111/s1. The quantitative estimate of drug-likeness (QED) is 0.0296. The van der Waals surface area contributed by atoms with Gasteiger partial charge in [0.2, 0.25) is 29.5 Å². The highest BCUT2D eigenvalue weighted by Crippen LogP contribution is 2.43. The van der Waals surface area contributed by atoms with Gasteiger partial charge >= 0.3 is 0 Å². The van der Waals surface area contributed by atoms with E-state index in [4.69, 9.17) is 27.7 Å². The predicted molar refractivity (Wildman–Crippen MR) is 359 cm³/mol. The van der Waals surface area contributed by atoms with Gasteiger partial charge in [0.1, 0.15) is 29.3 Å². The molecule has 5 amide bonds. The lowest BCUT2D eigenvalue weighted by Crippen LogP contribution is -2.56. The van der Waals surface area contributed by atoms with E-state index in [1.165, 1.54) is 19.1 Å². The summed E-state index contributed by atoms with van der Waals surface area (Å²) in [5, 5.41) is 2.81. The number of nitrogens with one attached hydrogen (secondary N) is 1. The molecule has 11 rings (SSSR count). The minimum Gasteiger partial charge on any atom is -0.377 e. The summed E-state index contributed by atoms with van der Waals surface area (Å²) < 4.78 is 177. The van der Waals surface area contributed by atoms with Crippen LogP contribution in [0, 0.1) is 76.0 Å². The topological polar surface area (TPSA) is 306 Å². The van der Waals surface area contributed by atoms with E-state index in [-0.39, 0.29) is 174 Å². The van der Waals surface area contributed by atoms with Crippen molar-refractivity contribution in [3.63, 3.8) is 0 Å². The van der Waals surface area contributed by atoms with Gasteiger partial charge in [-0.3, -0.25) is 28.8 Å². The molecule has 0 aromatic heterocycles. The highest BCUT2D eigenvalue weighted by Gasteiger charge is 2.48. The summed E-state index contributed by atoms with van der Waals surface area (Å²) in [6.07, 6.45) is 10.0. The van der Waals surface area contributed by atoms with Crippen LogP contribution in [0.1, 0.15) is 145 Å². The van der Waals surface area contributed by atoms with E-state index in [0.717, 1.165) is 75.1 Å². The number of ketones is 1. The molecule has 30 heteroatoms. The highest BCUT2D eigenvalue weighted by molar-refractivity contribution is 7.91. The summed E-state index contributed by atoms with van der Waals surface area (Å²) >= 11 is 0. The minimum absolute atomic E-state index is 0.000174. The molecule has 560 valence electrons. The molecule has 6 heterocycles. The van der Waals surface area contributed by atoms with Gasteiger partial charge in [-0.15, -0.1) is 0 Å². The van der Waals surface area contributed by atoms with Crippen molar-refractivity contribution in [3.05, 3.63) is 135 Å². The Balaban J connectivity index is 0.000000179. The van der Waals surface area contributed by atoms with Crippen molar-refractivity contribution >= 4 is 55.0 Å². The predicted octanol–water partition coefficient (Wildman–Crippen LogP) is 7.84. The molecule has 9 N–H and O–H groups in total. The van der Waals surface area contributed by atoms with Crippen LogP contribution in [0.2, 0.25) is 0 Å². The van der Waals surface area contributed by atoms with Gasteiger partial charge in [-0.1, -0.05) is 12.1 Å². The Bertz CT molecular complexity index is 3890. The Hall–Kier alpha value is -6.99. The molecule has 1 saturated carbocycles. The minimum atomic E-state index is -3.67. The number of primary amides is 1. The summed E-state index contributed by atoms with van der Waals surface area (Å²) in [6, 6.07) is 7.72. The van der Waals surface area contributed by atoms with E-state index in [2.05, 4.69) is 5.32 Å². The number of hydrogen-bond donors (Lipinski definition) is 5. The lowest BCUT2D eigenvalue weighted by molar-refractivity contribution is -0.141. The third-order valence-corrected chi connectivity index (χ3v) is 24.5. The Morgan fingerprint density at radius 2 is 0.980 bits per heavy atom. The number of carbonyl (C=O) groups excluding carboxylic acids is 6. The number of nitrogens with zero attached hydrogens (tertiary/aromatic N) is 3. The summed E-state index contributed by atoms with van der Waals surface area (Å²) in [5.41, 5.74) is 25.0. The number of amides is 5. The van der Waals surface area contributed by atoms with Crippen LogP contribution in [0.15, 0.2) is 65.6 Å². The third-order valence-electron chi connectivity index (χ3n) is 21.1. The number of fused-ring (bicyclic) bond motifs is 4. The molecule has 7 fully saturated rings. The monoisotopic (exact) mass is 1480 g/mol. The van der Waals surface area contributed by atoms with Crippen molar-refractivity contribution < 1.29 is 89.9 Å². The molecule has 19 nitrogen and oxygen atoms in total. The van der Waals surface area contributed by atoms with Crippen LogP contribution in [0.3, 0.4) is 0 Å². The van der Waals surface area contributed by atoms with Crippen LogP contribution >= 0.6 is 0 Å². The lowest BCUT2D eigenvalue weighted by Gasteiger charge is -2.42. The summed E-state index contributed by atoms with van der Waals surface area (Å²) in [4.78, 5) is 79.2. The van der Waals surface area contributed by atoms with E-state index < -0.39 is 102 Å². The normalized spacial score (nSPS) is 23.1. The number of nitrogens with two attached hydrogens (primary N) is 4. The van der Waals surface area contributed by atoms with Gasteiger partial charge in [0.25, 0.3) is 0 Å². The summed E-state index contributed by atoms with van der Waals surface area (Å²) in [6.45, 7) is 2.91. The van der Waals surface area contributed by atoms with Crippen LogP contribution in [-0.2, 0) is 78.9 Å². The highest BCUT2D eigenvalue weighted by atomic mass is 32.2. The smallest absolute Gasteiger partial charge is 0.245 e. The second-order valence-corrected chi connectivity index (χ2v) is 32.9. The van der Waals surface area contributed by atoms with Crippen molar-refractivity contribution in [1.29, 1.82) is 0 Å². The molecule has 0 spiro atoms. The van der Waals surface area contributed by atoms with Crippen LogP contribution in [0.25, 0.3) is 0 Å². The van der Waals surface area contributed by atoms with Gasteiger partial charge in [-0.25, -0.2) is 56.3 Å². The van der Waals surface area contributed by atoms with Gasteiger partial charge in [0.15, 0.2) is 54.6 Å². The van der Waals surface area contributed by atoms with Gasteiger partial charge in [-0.2, -0.15) is 0 Å². The number of Topliss-reactive ketones (excluding diaryl/α,β-unsaturated/α-hetero) is 1. The Morgan fingerprint density at radius 3 is 1.41 bits per heavy atom. The number of rotatable bonds is 26. The Kier molecular flexibility index (Phi) is 26.9. The zero-order valence-electron chi connectivity index (χ0n) is 56.9. The molecule has 7 aliphatic rings. The van der Waals surface area contributed by atoms with Crippen LogP contribution < -0.4 is 28.3 Å². The van der Waals surface area contributed by atoms with Crippen molar-refractivity contribution in [2.75, 3.05) is 37.0 Å². The molecular formula is C72H91F9N8O11S2. The van der Waals surface area contributed by atoms with Crippen molar-refractivity contribution in [2.45, 2.75) is 208 Å². The maximum atomic E-state index is 14.1. The molecule has 1 aliphatic carbocycles. The molecule has 4 aromatic carbocycles. The van der Waals surface area contributed by atoms with Crippen molar-refractivity contribution in [3.8, 4) is 0 Å². The average molecular weight is 1480 g/mol. The van der Waals surface area contributed by atoms with E-state index >= 15 is 0 Å². The van der Waals surface area contributed by atoms with Gasteiger partial charge < -0.3 is 47.7 Å². The first-order valence-corrected chi connectivity index (χ1v) is 38.5. The van der Waals surface area contributed by atoms with E-state index in [0.29, 0.717) is 76.4 Å². The fraction of sp³-hybridized carbons (Fsp3) is 0.583. The first-order valence-electron chi connectivity index (χ1n) is 35.0. The fourth-order valence-electron chi connectivity index (χ4n) is 15.4. The number of sulfone groups is 2. The van der Waals surface area contributed by atoms with E-state index in [1.54, 1.807) is 21.9 Å². The second-order valence-electron chi connectivity index (χ2n) is 28.6. The fourth-order valence-corrected chi connectivity index (χ4v) is 18.1. The zero-order valence-corrected chi connectivity index (χ0v) is 58.6. The van der Waals surface area contributed by atoms with Gasteiger partial charge in [-0.05, 0) is 193 Å². The molecule has 6 saturated heterocycles. The second kappa shape index (κ2) is 34.7. The molecule has 11 atom stereocenters. The largest absolute Gasteiger partial charge is 0.377 e. The first kappa shape index (κ1) is 79.1. The van der Waals surface area contributed by atoms with Crippen LogP contribution in [0.4, 0.5) is 39.5 Å². The van der Waals surface area contributed by atoms with Crippen LogP contribution in [0.5, 0.6) is 0 Å². The molecule has 3 unspecified atom stereocenters. The zero-order chi connectivity index (χ0) is 74.1. The number of piperidine rings is 3. The lowest BCUT2D eigenvalue weighted by atomic mass is 9.82. The number of ether oxygens (including phenoxy) is 1. The van der Waals surface area contributed by atoms with Crippen LogP contribution in [-0.4, -0.2) is 158 Å². The van der Waals surface area contributed by atoms with E-state index in [9.17, 15) is 85.1 Å². The van der Waals surface area contributed by atoms with E-state index in [1.807, 2.05) is 4.90 Å². The molecule has 0 radical (unpaired) electrons. The molecule has 4 aromatic rings. The Morgan fingerprint density at radius 1 is 0.539 bits per heavy atom. The maximum absolute atomic E-state index is 14.1. The molecular weight excluding hydrogens is 1390 g/mol. The van der Waals surface area contributed by atoms with Crippen molar-refractivity contribution in [2.24, 2.45) is 46.6 Å². The number of likely N-dealkylation sites (tertiary alicyclic amines) is 1. The van der Waals surface area contributed by atoms with Gasteiger partial charge in [0.05, 0.1) is 28.3 Å². The number of halogens is 9. The third kappa shape index (κ3) is 21.1. The number of hydrogen-bond acceptors (Lipinski definition) is 14. The summed E-state index contributed by atoms with van der Waals surface area (Å²) in [7, 11) is -7.02. The summed E-state index contributed by atoms with van der Waals surface area (Å²) in [5.74, 6) is -11.6. The van der Waals surface area contributed by atoms with Gasteiger partial charge in [0, 0.05) is 112 Å². The Labute approximate surface area is 588 Å². The number of carbonyl (C=O) groups is 6. The molecule has 102 heavy (non-hydrogen) atoms. The first-order chi connectivity index (χ1) is 48.2. The maximum Gasteiger partial charge on any atom is 0.245 e.